The summed E-state index contributed by atoms with van der Waals surface area (Å²) in [5, 5.41) is 7.08. The zero-order valence-electron chi connectivity index (χ0n) is 32.2. The van der Waals surface area contributed by atoms with Crippen LogP contribution in [0.2, 0.25) is 0 Å². The quantitative estimate of drug-likeness (QED) is 0.174. The molecule has 0 amide bonds. The van der Waals surface area contributed by atoms with Gasteiger partial charge in [0.25, 0.3) is 0 Å². The van der Waals surface area contributed by atoms with Crippen LogP contribution in [0, 0.1) is 0 Å². The van der Waals surface area contributed by atoms with Crippen molar-refractivity contribution in [1.29, 1.82) is 0 Å². The van der Waals surface area contributed by atoms with Crippen LogP contribution < -0.4 is 0 Å². The van der Waals surface area contributed by atoms with Gasteiger partial charge in [-0.1, -0.05) is 115 Å². The summed E-state index contributed by atoms with van der Waals surface area (Å²) in [7, 11) is 0. The molecular formula is C55H33N3OS. The van der Waals surface area contributed by atoms with Crippen molar-refractivity contribution in [2.45, 2.75) is 0 Å². The molecule has 4 heterocycles. The van der Waals surface area contributed by atoms with Gasteiger partial charge in [0.15, 0.2) is 0 Å². The molecule has 0 aliphatic heterocycles. The van der Waals surface area contributed by atoms with Crippen LogP contribution in [0.3, 0.4) is 0 Å². The molecule has 0 aliphatic rings. The van der Waals surface area contributed by atoms with Gasteiger partial charge in [-0.3, -0.25) is 4.57 Å². The van der Waals surface area contributed by atoms with Gasteiger partial charge in [0.1, 0.15) is 17.0 Å². The highest BCUT2D eigenvalue weighted by molar-refractivity contribution is 7.25. The summed E-state index contributed by atoms with van der Waals surface area (Å²) in [6, 6.07) is 71.8. The van der Waals surface area contributed by atoms with E-state index < -0.39 is 0 Å². The first-order valence-electron chi connectivity index (χ1n) is 20.3. The van der Waals surface area contributed by atoms with Gasteiger partial charge in [0, 0.05) is 64.7 Å². The molecule has 0 aliphatic carbocycles. The molecule has 0 radical (unpaired) electrons. The smallest absolute Gasteiger partial charge is 0.146 e. The van der Waals surface area contributed by atoms with Crippen molar-refractivity contribution in [3.8, 4) is 45.0 Å². The number of furan rings is 1. The second kappa shape index (κ2) is 12.9. The maximum Gasteiger partial charge on any atom is 0.146 e. The number of nitrogens with zero attached hydrogens (tertiary/aromatic N) is 3. The third kappa shape index (κ3) is 5.00. The molecule has 0 atom stereocenters. The van der Waals surface area contributed by atoms with E-state index in [1.165, 1.54) is 42.1 Å². The molecule has 5 heteroatoms. The summed E-state index contributed by atoms with van der Waals surface area (Å²) < 4.78 is 14.3. The van der Waals surface area contributed by atoms with E-state index in [1.54, 1.807) is 0 Å². The van der Waals surface area contributed by atoms with E-state index in [-0.39, 0.29) is 0 Å². The molecule has 60 heavy (non-hydrogen) atoms. The fraction of sp³-hybridized carbons (Fsp3) is 0. The lowest BCUT2D eigenvalue weighted by atomic mass is 9.97. The Morgan fingerprint density at radius 1 is 0.383 bits per heavy atom. The van der Waals surface area contributed by atoms with Crippen LogP contribution in [0.15, 0.2) is 205 Å². The van der Waals surface area contributed by atoms with Crippen LogP contribution in [-0.4, -0.2) is 14.1 Å². The SMILES string of the molecule is c1ccc(-c2ccc3c4ccccc4n(-c4ccc5c(c4)oc4cc(-c6ccc7sc8ccccc8c7c6)cc(-c6nc7ccccc7n6-c6ccccc6)c45)c3c2)cc1. The van der Waals surface area contributed by atoms with E-state index >= 15 is 0 Å². The van der Waals surface area contributed by atoms with Crippen molar-refractivity contribution >= 4 is 86.3 Å². The molecule has 0 saturated carbocycles. The Labute approximate surface area is 348 Å². The molecule has 13 rings (SSSR count). The van der Waals surface area contributed by atoms with Crippen molar-refractivity contribution in [3.63, 3.8) is 0 Å². The summed E-state index contributed by atoms with van der Waals surface area (Å²) in [5.41, 5.74) is 13.7. The first-order valence-corrected chi connectivity index (χ1v) is 21.1. The summed E-state index contributed by atoms with van der Waals surface area (Å²) in [4.78, 5) is 5.39. The van der Waals surface area contributed by atoms with Crippen LogP contribution in [-0.2, 0) is 0 Å². The molecule has 13 aromatic rings. The Balaban J connectivity index is 1.08. The van der Waals surface area contributed by atoms with Crippen molar-refractivity contribution in [1.82, 2.24) is 14.1 Å². The van der Waals surface area contributed by atoms with E-state index in [4.69, 9.17) is 9.40 Å². The Hall–Kier alpha value is -7.73. The van der Waals surface area contributed by atoms with Crippen molar-refractivity contribution in [3.05, 3.63) is 200 Å². The van der Waals surface area contributed by atoms with Crippen LogP contribution in [0.1, 0.15) is 0 Å². The standard InChI is InChI=1S/C55H33N3OS/c1-3-13-34(14-4-1)36-23-26-41-40-17-7-10-20-47(40)57(49(41)31-36)39-25-27-43-50(33-39)59-51-32-37(35-24-28-53-44(29-35)42-18-8-12-22-52(42)60-53)30-45(54(43)51)55-56-46-19-9-11-21-48(46)58(55)38-15-5-2-6-16-38/h1-33H. The maximum absolute atomic E-state index is 7.05. The Morgan fingerprint density at radius 3 is 1.95 bits per heavy atom. The maximum atomic E-state index is 7.05. The molecule has 4 nitrogen and oxygen atoms in total. The zero-order valence-corrected chi connectivity index (χ0v) is 33.0. The largest absolute Gasteiger partial charge is 0.456 e. The lowest BCUT2D eigenvalue weighted by Gasteiger charge is -2.12. The average Bonchev–Trinajstić information content (AvgIpc) is 4.07. The van der Waals surface area contributed by atoms with Crippen molar-refractivity contribution in [2.75, 3.05) is 0 Å². The third-order valence-electron chi connectivity index (χ3n) is 12.1. The summed E-state index contributed by atoms with van der Waals surface area (Å²) in [6.45, 7) is 0. The Morgan fingerprint density at radius 2 is 1.07 bits per heavy atom. The molecule has 280 valence electrons. The predicted molar refractivity (Wildman–Crippen MR) is 252 cm³/mol. The highest BCUT2D eigenvalue weighted by Crippen LogP contribution is 2.44. The molecule has 0 saturated heterocycles. The fourth-order valence-corrected chi connectivity index (χ4v) is 10.5. The second-order valence-corrected chi connectivity index (χ2v) is 16.6. The van der Waals surface area contributed by atoms with Crippen LogP contribution >= 0.6 is 11.3 Å². The number of fused-ring (bicyclic) bond motifs is 10. The van der Waals surface area contributed by atoms with E-state index in [1.807, 2.05) is 11.3 Å². The summed E-state index contributed by atoms with van der Waals surface area (Å²) >= 11 is 1.84. The monoisotopic (exact) mass is 783 g/mol. The second-order valence-electron chi connectivity index (χ2n) is 15.5. The van der Waals surface area contributed by atoms with E-state index in [2.05, 4.69) is 209 Å². The summed E-state index contributed by atoms with van der Waals surface area (Å²) in [6.07, 6.45) is 0. The van der Waals surface area contributed by atoms with Crippen molar-refractivity contribution in [2.24, 2.45) is 0 Å². The molecule has 9 aromatic carbocycles. The number of benzene rings is 9. The molecule has 0 bridgehead atoms. The molecule has 4 aromatic heterocycles. The normalized spacial score (nSPS) is 12.0. The third-order valence-corrected chi connectivity index (χ3v) is 13.3. The predicted octanol–water partition coefficient (Wildman–Crippen LogP) is 15.4. The minimum Gasteiger partial charge on any atom is -0.456 e. The number of rotatable bonds is 5. The van der Waals surface area contributed by atoms with E-state index in [9.17, 15) is 0 Å². The van der Waals surface area contributed by atoms with Crippen LogP contribution in [0.25, 0.3) is 120 Å². The first kappa shape index (κ1) is 33.3. The number of hydrogen-bond acceptors (Lipinski definition) is 3. The average molecular weight is 784 g/mol. The van der Waals surface area contributed by atoms with Gasteiger partial charge >= 0.3 is 0 Å². The van der Waals surface area contributed by atoms with Gasteiger partial charge in [-0.2, -0.15) is 0 Å². The lowest BCUT2D eigenvalue weighted by molar-refractivity contribution is 0.669. The van der Waals surface area contributed by atoms with Gasteiger partial charge in [0.05, 0.1) is 22.1 Å². The summed E-state index contributed by atoms with van der Waals surface area (Å²) in [5.74, 6) is 0.874. The zero-order chi connectivity index (χ0) is 39.3. The lowest BCUT2D eigenvalue weighted by Crippen LogP contribution is -1.98. The van der Waals surface area contributed by atoms with Gasteiger partial charge in [-0.15, -0.1) is 11.3 Å². The van der Waals surface area contributed by atoms with E-state index in [0.29, 0.717) is 0 Å². The van der Waals surface area contributed by atoms with Gasteiger partial charge in [-0.25, -0.2) is 4.98 Å². The first-order chi connectivity index (χ1) is 29.7. The minimum absolute atomic E-state index is 0.824. The molecular weight excluding hydrogens is 751 g/mol. The van der Waals surface area contributed by atoms with Gasteiger partial charge in [-0.05, 0) is 101 Å². The number of aromatic nitrogens is 3. The number of para-hydroxylation sites is 4. The van der Waals surface area contributed by atoms with Gasteiger partial charge < -0.3 is 8.98 Å². The van der Waals surface area contributed by atoms with Crippen LogP contribution in [0.5, 0.6) is 0 Å². The molecule has 0 N–H and O–H groups in total. The van der Waals surface area contributed by atoms with Gasteiger partial charge in [0.2, 0.25) is 0 Å². The minimum atomic E-state index is 0.824. The van der Waals surface area contributed by atoms with E-state index in [0.717, 1.165) is 77.9 Å². The van der Waals surface area contributed by atoms with Crippen molar-refractivity contribution < 1.29 is 4.42 Å². The molecule has 0 unspecified atom stereocenters. The topological polar surface area (TPSA) is 35.9 Å². The molecule has 0 fully saturated rings. The molecule has 0 spiro atoms. The number of imidazole rings is 1. The highest BCUT2D eigenvalue weighted by Gasteiger charge is 2.23. The number of thiophene rings is 1. The highest BCUT2D eigenvalue weighted by atomic mass is 32.1. The number of hydrogen-bond donors (Lipinski definition) is 0. The van der Waals surface area contributed by atoms with Crippen LogP contribution in [0.4, 0.5) is 0 Å². The Kier molecular flexibility index (Phi) is 7.14. The fourth-order valence-electron chi connectivity index (χ4n) is 9.39. The Bertz CT molecular complexity index is 3830.